The Kier molecular flexibility index (Phi) is 6.59. The number of ether oxygens (including phenoxy) is 1. The molecule has 1 aromatic heterocycles. The van der Waals surface area contributed by atoms with E-state index in [1.165, 1.54) is 18.4 Å². The van der Waals surface area contributed by atoms with Gasteiger partial charge in [-0.3, -0.25) is 0 Å². The van der Waals surface area contributed by atoms with Crippen molar-refractivity contribution in [1.82, 2.24) is 4.98 Å². The van der Waals surface area contributed by atoms with E-state index in [4.69, 9.17) is 4.74 Å². The van der Waals surface area contributed by atoms with Crippen LogP contribution in [0.3, 0.4) is 0 Å². The van der Waals surface area contributed by atoms with Gasteiger partial charge < -0.3 is 4.74 Å². The second kappa shape index (κ2) is 8.69. The molecule has 0 bridgehead atoms. The van der Waals surface area contributed by atoms with Crippen molar-refractivity contribution in [2.24, 2.45) is 0 Å². The number of esters is 1. The lowest BCUT2D eigenvalue weighted by molar-refractivity contribution is 0.0519. The first kappa shape index (κ1) is 16.7. The first-order valence-electron chi connectivity index (χ1n) is 7.88. The average molecular weight is 317 g/mol. The lowest BCUT2D eigenvalue weighted by atomic mass is 10.1. The largest absolute Gasteiger partial charge is 0.461 e. The van der Waals surface area contributed by atoms with Gasteiger partial charge in [-0.25, -0.2) is 9.78 Å². The van der Waals surface area contributed by atoms with Gasteiger partial charge in [0.05, 0.1) is 11.6 Å². The summed E-state index contributed by atoms with van der Waals surface area (Å²) in [6.45, 7) is 4.14. The predicted octanol–water partition coefficient (Wildman–Crippen LogP) is 4.58. The molecular weight excluding hydrogens is 294 g/mol. The van der Waals surface area contributed by atoms with Crippen LogP contribution in [0.25, 0.3) is 0 Å². The van der Waals surface area contributed by atoms with Crippen molar-refractivity contribution < 1.29 is 9.53 Å². The molecule has 0 saturated heterocycles. The third-order valence-corrected chi connectivity index (χ3v) is 4.54. The molecule has 1 heterocycles. The molecule has 0 N–H and O–H groups in total. The molecule has 0 atom stereocenters. The topological polar surface area (TPSA) is 39.2 Å². The van der Waals surface area contributed by atoms with Gasteiger partial charge >= 0.3 is 5.97 Å². The molecule has 0 spiro atoms. The molecular formula is C18H23NO2S. The summed E-state index contributed by atoms with van der Waals surface area (Å²) in [6, 6.07) is 10.6. The van der Waals surface area contributed by atoms with Crippen molar-refractivity contribution in [2.75, 3.05) is 6.61 Å². The van der Waals surface area contributed by atoms with E-state index >= 15 is 0 Å². The molecule has 4 heteroatoms. The smallest absolute Gasteiger partial charge is 0.358 e. The van der Waals surface area contributed by atoms with Crippen LogP contribution in [0.4, 0.5) is 0 Å². The van der Waals surface area contributed by atoms with E-state index < -0.39 is 0 Å². The number of thiazole rings is 1. The summed E-state index contributed by atoms with van der Waals surface area (Å²) in [6.07, 6.45) is 5.56. The lowest BCUT2D eigenvalue weighted by Gasteiger charge is -2.01. The van der Waals surface area contributed by atoms with Gasteiger partial charge in [-0.1, -0.05) is 36.8 Å². The highest BCUT2D eigenvalue weighted by Gasteiger charge is 2.15. The van der Waals surface area contributed by atoms with Gasteiger partial charge in [0.15, 0.2) is 5.69 Å². The fourth-order valence-corrected chi connectivity index (χ4v) is 3.34. The van der Waals surface area contributed by atoms with Crippen LogP contribution in [0.1, 0.15) is 52.1 Å². The van der Waals surface area contributed by atoms with Crippen molar-refractivity contribution in [3.05, 3.63) is 51.5 Å². The maximum Gasteiger partial charge on any atom is 0.358 e. The Morgan fingerprint density at radius 3 is 2.59 bits per heavy atom. The molecule has 3 nitrogen and oxygen atoms in total. The predicted molar refractivity (Wildman–Crippen MR) is 90.5 cm³/mol. The minimum atomic E-state index is -0.299. The SMILES string of the molecule is CCOC(=O)c1nc(CCCCCc2ccccc2)sc1C. The van der Waals surface area contributed by atoms with Gasteiger partial charge in [0.2, 0.25) is 0 Å². The molecule has 0 aliphatic heterocycles. The fraction of sp³-hybridized carbons (Fsp3) is 0.444. The number of nitrogens with zero attached hydrogens (tertiary/aromatic N) is 1. The zero-order valence-corrected chi connectivity index (χ0v) is 14.1. The van der Waals surface area contributed by atoms with Gasteiger partial charge in [-0.15, -0.1) is 11.3 Å². The Labute approximate surface area is 136 Å². The summed E-state index contributed by atoms with van der Waals surface area (Å²) in [4.78, 5) is 17.1. The zero-order valence-electron chi connectivity index (χ0n) is 13.3. The summed E-state index contributed by atoms with van der Waals surface area (Å²) < 4.78 is 5.02. The third kappa shape index (κ3) is 4.95. The molecule has 118 valence electrons. The van der Waals surface area contributed by atoms with Crippen LogP contribution >= 0.6 is 11.3 Å². The molecule has 0 unspecified atom stereocenters. The van der Waals surface area contributed by atoms with Gasteiger partial charge in [0.1, 0.15) is 0 Å². The molecule has 0 amide bonds. The Morgan fingerprint density at radius 2 is 1.86 bits per heavy atom. The number of aromatic nitrogens is 1. The van der Waals surface area contributed by atoms with Gasteiger partial charge in [0, 0.05) is 4.88 Å². The summed E-state index contributed by atoms with van der Waals surface area (Å²) >= 11 is 1.61. The van der Waals surface area contributed by atoms with Gasteiger partial charge in [-0.05, 0) is 45.1 Å². The standard InChI is InChI=1S/C18H23NO2S/c1-3-21-18(20)17-14(2)22-16(19-17)13-9-5-8-12-15-10-6-4-7-11-15/h4,6-7,10-11H,3,5,8-9,12-13H2,1-2H3. The second-order valence-electron chi connectivity index (χ2n) is 5.28. The number of rotatable bonds is 8. The van der Waals surface area contributed by atoms with Crippen LogP contribution in [-0.2, 0) is 17.6 Å². The number of carbonyl (C=O) groups is 1. The average Bonchev–Trinajstić information content (AvgIpc) is 2.89. The fourth-order valence-electron chi connectivity index (χ4n) is 2.37. The molecule has 0 radical (unpaired) electrons. The summed E-state index contributed by atoms with van der Waals surface area (Å²) in [5.74, 6) is -0.299. The van der Waals surface area contributed by atoms with E-state index in [9.17, 15) is 4.79 Å². The lowest BCUT2D eigenvalue weighted by Crippen LogP contribution is -2.06. The van der Waals surface area contributed by atoms with Crippen molar-refractivity contribution in [3.8, 4) is 0 Å². The highest BCUT2D eigenvalue weighted by Crippen LogP contribution is 2.20. The highest BCUT2D eigenvalue weighted by atomic mass is 32.1. The normalized spacial score (nSPS) is 10.6. The number of hydrogen-bond acceptors (Lipinski definition) is 4. The van der Waals surface area contributed by atoms with Crippen LogP contribution in [-0.4, -0.2) is 17.6 Å². The number of unbranched alkanes of at least 4 members (excludes halogenated alkanes) is 2. The van der Waals surface area contributed by atoms with Crippen LogP contribution in [0.15, 0.2) is 30.3 Å². The van der Waals surface area contributed by atoms with Crippen LogP contribution in [0, 0.1) is 6.92 Å². The van der Waals surface area contributed by atoms with Crippen molar-refractivity contribution in [2.45, 2.75) is 46.0 Å². The second-order valence-corrected chi connectivity index (χ2v) is 6.57. The molecule has 2 aromatic rings. The third-order valence-electron chi connectivity index (χ3n) is 3.51. The van der Waals surface area contributed by atoms with Gasteiger partial charge in [-0.2, -0.15) is 0 Å². The van der Waals surface area contributed by atoms with Crippen molar-refractivity contribution in [1.29, 1.82) is 0 Å². The van der Waals surface area contributed by atoms with Crippen molar-refractivity contribution in [3.63, 3.8) is 0 Å². The van der Waals surface area contributed by atoms with Crippen LogP contribution < -0.4 is 0 Å². The molecule has 2 rings (SSSR count). The molecule has 22 heavy (non-hydrogen) atoms. The van der Waals surface area contributed by atoms with E-state index in [0.717, 1.165) is 29.1 Å². The highest BCUT2D eigenvalue weighted by molar-refractivity contribution is 7.11. The van der Waals surface area contributed by atoms with E-state index in [-0.39, 0.29) is 5.97 Å². The minimum Gasteiger partial charge on any atom is -0.461 e. The van der Waals surface area contributed by atoms with E-state index in [2.05, 4.69) is 35.3 Å². The molecule has 0 fully saturated rings. The van der Waals surface area contributed by atoms with E-state index in [1.54, 1.807) is 11.3 Å². The molecule has 0 aliphatic rings. The quantitative estimate of drug-likeness (QED) is 0.528. The molecule has 1 aromatic carbocycles. The number of hydrogen-bond donors (Lipinski definition) is 0. The Bertz CT molecular complexity index is 592. The summed E-state index contributed by atoms with van der Waals surface area (Å²) in [5, 5.41) is 1.04. The number of aryl methyl sites for hydroxylation is 3. The van der Waals surface area contributed by atoms with E-state index in [0.29, 0.717) is 12.3 Å². The molecule has 0 saturated carbocycles. The minimum absolute atomic E-state index is 0.299. The molecule has 0 aliphatic carbocycles. The first-order chi connectivity index (χ1) is 10.7. The monoisotopic (exact) mass is 317 g/mol. The van der Waals surface area contributed by atoms with Crippen LogP contribution in [0.2, 0.25) is 0 Å². The maximum atomic E-state index is 11.7. The number of carbonyl (C=O) groups excluding carboxylic acids is 1. The van der Waals surface area contributed by atoms with Crippen molar-refractivity contribution >= 4 is 17.3 Å². The summed E-state index contributed by atoms with van der Waals surface area (Å²) in [5.41, 5.74) is 1.89. The Morgan fingerprint density at radius 1 is 1.14 bits per heavy atom. The zero-order chi connectivity index (χ0) is 15.8. The van der Waals surface area contributed by atoms with E-state index in [1.807, 2.05) is 13.8 Å². The Hall–Kier alpha value is -1.68. The first-order valence-corrected chi connectivity index (χ1v) is 8.69. The summed E-state index contributed by atoms with van der Waals surface area (Å²) in [7, 11) is 0. The number of benzene rings is 1. The Balaban J connectivity index is 1.73. The van der Waals surface area contributed by atoms with Crippen LogP contribution in [0.5, 0.6) is 0 Å². The maximum absolute atomic E-state index is 11.7. The van der Waals surface area contributed by atoms with Gasteiger partial charge in [0.25, 0.3) is 0 Å².